The summed E-state index contributed by atoms with van der Waals surface area (Å²) in [6.45, 7) is 2.65. The average Bonchev–Trinajstić information content (AvgIpc) is 2.68. The minimum absolute atomic E-state index is 0.175. The summed E-state index contributed by atoms with van der Waals surface area (Å²) in [7, 11) is 1.59. The van der Waals surface area contributed by atoms with Crippen molar-refractivity contribution in [3.63, 3.8) is 0 Å². The summed E-state index contributed by atoms with van der Waals surface area (Å²) in [6, 6.07) is 15.2. The fourth-order valence-electron chi connectivity index (χ4n) is 2.48. The van der Waals surface area contributed by atoms with Gasteiger partial charge in [0.15, 0.2) is 6.10 Å². The molecule has 1 N–H and O–H groups in total. The highest BCUT2D eigenvalue weighted by atomic mass is 16.5. The van der Waals surface area contributed by atoms with Crippen LogP contribution in [0.15, 0.2) is 54.7 Å². The minimum Gasteiger partial charge on any atom is -0.481 e. The van der Waals surface area contributed by atoms with Crippen LogP contribution in [0.25, 0.3) is 22.3 Å². The van der Waals surface area contributed by atoms with E-state index in [1.54, 1.807) is 20.2 Å². The molecule has 6 nitrogen and oxygen atoms in total. The van der Waals surface area contributed by atoms with E-state index in [-0.39, 0.29) is 5.91 Å². The zero-order chi connectivity index (χ0) is 18.4. The molecule has 1 unspecified atom stereocenters. The van der Waals surface area contributed by atoms with Gasteiger partial charge < -0.3 is 14.8 Å². The number of methoxy groups -OCH3 is 1. The van der Waals surface area contributed by atoms with E-state index in [2.05, 4.69) is 15.3 Å². The van der Waals surface area contributed by atoms with Gasteiger partial charge in [0, 0.05) is 19.2 Å². The molecule has 0 fully saturated rings. The highest BCUT2D eigenvalue weighted by molar-refractivity contribution is 5.80. The van der Waals surface area contributed by atoms with Crippen LogP contribution < -0.4 is 10.1 Å². The SMILES string of the molecule is COCCNC(=O)C(C)Oc1ccc(-c2cnc3ccccc3n2)cc1. The molecule has 1 aromatic heterocycles. The van der Waals surface area contributed by atoms with Crippen molar-refractivity contribution in [3.8, 4) is 17.0 Å². The molecule has 134 valence electrons. The largest absolute Gasteiger partial charge is 0.481 e. The Bertz CT molecular complexity index is 881. The quantitative estimate of drug-likeness (QED) is 0.663. The Kier molecular flexibility index (Phi) is 5.76. The fourth-order valence-corrected chi connectivity index (χ4v) is 2.48. The summed E-state index contributed by atoms with van der Waals surface area (Å²) in [6.07, 6.45) is 1.17. The molecule has 3 rings (SSSR count). The number of rotatable bonds is 7. The Morgan fingerprint density at radius 1 is 1.12 bits per heavy atom. The van der Waals surface area contributed by atoms with Crippen LogP contribution in [-0.4, -0.2) is 42.2 Å². The second-order valence-electron chi connectivity index (χ2n) is 5.81. The first-order chi connectivity index (χ1) is 12.7. The zero-order valence-corrected chi connectivity index (χ0v) is 14.8. The number of hydrogen-bond acceptors (Lipinski definition) is 5. The Balaban J connectivity index is 1.66. The van der Waals surface area contributed by atoms with Gasteiger partial charge in [0.1, 0.15) is 5.75 Å². The van der Waals surface area contributed by atoms with Gasteiger partial charge in [0.05, 0.1) is 29.5 Å². The molecule has 0 bridgehead atoms. The molecule has 0 saturated carbocycles. The maximum Gasteiger partial charge on any atom is 0.260 e. The number of nitrogens with one attached hydrogen (secondary N) is 1. The van der Waals surface area contributed by atoms with E-state index in [0.29, 0.717) is 18.9 Å². The molecule has 0 aliphatic carbocycles. The number of aromatic nitrogens is 2. The van der Waals surface area contributed by atoms with Crippen LogP contribution in [-0.2, 0) is 9.53 Å². The summed E-state index contributed by atoms with van der Waals surface area (Å²) >= 11 is 0. The number of amides is 1. The monoisotopic (exact) mass is 351 g/mol. The smallest absolute Gasteiger partial charge is 0.260 e. The number of ether oxygens (including phenoxy) is 2. The first kappa shape index (κ1) is 17.8. The van der Waals surface area contributed by atoms with E-state index >= 15 is 0 Å². The highest BCUT2D eigenvalue weighted by Crippen LogP contribution is 2.22. The fraction of sp³-hybridized carbons (Fsp3) is 0.250. The van der Waals surface area contributed by atoms with E-state index in [1.165, 1.54) is 0 Å². The summed E-state index contributed by atoms with van der Waals surface area (Å²) < 4.78 is 10.6. The molecule has 1 atom stereocenters. The third-order valence-corrected chi connectivity index (χ3v) is 3.89. The second kappa shape index (κ2) is 8.40. The number of nitrogens with zero attached hydrogens (tertiary/aromatic N) is 2. The number of carbonyl (C=O) groups is 1. The van der Waals surface area contributed by atoms with Crippen LogP contribution in [0.4, 0.5) is 0 Å². The standard InChI is InChI=1S/C20H21N3O3/c1-14(20(24)21-11-12-25-2)26-16-9-7-15(8-10-16)19-13-22-17-5-3-4-6-18(17)23-19/h3-10,13-14H,11-12H2,1-2H3,(H,21,24). The lowest BCUT2D eigenvalue weighted by atomic mass is 10.1. The molecule has 0 saturated heterocycles. The topological polar surface area (TPSA) is 73.3 Å². The Labute approximate surface area is 152 Å². The third kappa shape index (κ3) is 4.34. The highest BCUT2D eigenvalue weighted by Gasteiger charge is 2.14. The van der Waals surface area contributed by atoms with Gasteiger partial charge in [0.2, 0.25) is 0 Å². The maximum absolute atomic E-state index is 11.9. The summed E-state index contributed by atoms with van der Waals surface area (Å²) in [5, 5.41) is 2.75. The molecule has 0 aliphatic rings. The summed E-state index contributed by atoms with van der Waals surface area (Å²) in [5.74, 6) is 0.448. The molecule has 1 heterocycles. The van der Waals surface area contributed by atoms with Crippen molar-refractivity contribution in [2.24, 2.45) is 0 Å². The molecule has 0 radical (unpaired) electrons. The number of carbonyl (C=O) groups excluding carboxylic acids is 1. The number of fused-ring (bicyclic) bond motifs is 1. The maximum atomic E-state index is 11.9. The number of para-hydroxylation sites is 2. The lowest BCUT2D eigenvalue weighted by Crippen LogP contribution is -2.37. The molecule has 0 aliphatic heterocycles. The van der Waals surface area contributed by atoms with Crippen molar-refractivity contribution in [3.05, 3.63) is 54.7 Å². The molecular formula is C20H21N3O3. The van der Waals surface area contributed by atoms with Crippen molar-refractivity contribution in [2.45, 2.75) is 13.0 Å². The van der Waals surface area contributed by atoms with Gasteiger partial charge in [-0.2, -0.15) is 0 Å². The van der Waals surface area contributed by atoms with Crippen LogP contribution in [0.2, 0.25) is 0 Å². The molecule has 6 heteroatoms. The zero-order valence-electron chi connectivity index (χ0n) is 14.8. The van der Waals surface area contributed by atoms with Crippen LogP contribution in [0.5, 0.6) is 5.75 Å². The minimum atomic E-state index is -0.585. The van der Waals surface area contributed by atoms with Gasteiger partial charge in [-0.3, -0.25) is 9.78 Å². The van der Waals surface area contributed by atoms with E-state index in [9.17, 15) is 4.79 Å². The van der Waals surface area contributed by atoms with Crippen LogP contribution >= 0.6 is 0 Å². The molecule has 2 aromatic carbocycles. The molecule has 26 heavy (non-hydrogen) atoms. The van der Waals surface area contributed by atoms with Gasteiger partial charge >= 0.3 is 0 Å². The predicted molar refractivity (Wildman–Crippen MR) is 99.9 cm³/mol. The normalized spacial score (nSPS) is 11.9. The van der Waals surface area contributed by atoms with Crippen molar-refractivity contribution < 1.29 is 14.3 Å². The lowest BCUT2D eigenvalue weighted by molar-refractivity contribution is -0.127. The summed E-state index contributed by atoms with van der Waals surface area (Å²) in [5.41, 5.74) is 3.45. The summed E-state index contributed by atoms with van der Waals surface area (Å²) in [4.78, 5) is 21.0. The van der Waals surface area contributed by atoms with Gasteiger partial charge in [-0.05, 0) is 43.3 Å². The van der Waals surface area contributed by atoms with Gasteiger partial charge in [-0.15, -0.1) is 0 Å². The van der Waals surface area contributed by atoms with Crippen LogP contribution in [0.1, 0.15) is 6.92 Å². The molecule has 1 amide bonds. The predicted octanol–water partition coefficient (Wildman–Crippen LogP) is 2.83. The van der Waals surface area contributed by atoms with Gasteiger partial charge in [-0.1, -0.05) is 12.1 Å². The van der Waals surface area contributed by atoms with Crippen molar-refractivity contribution in [2.75, 3.05) is 20.3 Å². The third-order valence-electron chi connectivity index (χ3n) is 3.89. The van der Waals surface area contributed by atoms with Gasteiger partial charge in [0.25, 0.3) is 5.91 Å². The van der Waals surface area contributed by atoms with E-state index in [1.807, 2.05) is 48.5 Å². The Morgan fingerprint density at radius 3 is 2.58 bits per heavy atom. The van der Waals surface area contributed by atoms with E-state index in [0.717, 1.165) is 22.3 Å². The van der Waals surface area contributed by atoms with E-state index in [4.69, 9.17) is 9.47 Å². The van der Waals surface area contributed by atoms with Crippen LogP contribution in [0, 0.1) is 0 Å². The second-order valence-corrected chi connectivity index (χ2v) is 5.81. The Hall–Kier alpha value is -2.99. The molecule has 3 aromatic rings. The number of hydrogen-bond donors (Lipinski definition) is 1. The first-order valence-electron chi connectivity index (χ1n) is 8.43. The average molecular weight is 351 g/mol. The molecule has 0 spiro atoms. The van der Waals surface area contributed by atoms with E-state index < -0.39 is 6.10 Å². The molecular weight excluding hydrogens is 330 g/mol. The van der Waals surface area contributed by atoms with Crippen molar-refractivity contribution >= 4 is 16.9 Å². The lowest BCUT2D eigenvalue weighted by Gasteiger charge is -2.15. The van der Waals surface area contributed by atoms with Crippen LogP contribution in [0.3, 0.4) is 0 Å². The number of benzene rings is 2. The Morgan fingerprint density at radius 2 is 1.85 bits per heavy atom. The van der Waals surface area contributed by atoms with Crippen molar-refractivity contribution in [1.82, 2.24) is 15.3 Å². The first-order valence-corrected chi connectivity index (χ1v) is 8.43. The van der Waals surface area contributed by atoms with Crippen molar-refractivity contribution in [1.29, 1.82) is 0 Å². The van der Waals surface area contributed by atoms with Gasteiger partial charge in [-0.25, -0.2) is 4.98 Å².